The van der Waals surface area contributed by atoms with Gasteiger partial charge >= 0.3 is 0 Å². The van der Waals surface area contributed by atoms with Crippen molar-refractivity contribution in [3.8, 4) is 0 Å². The topological polar surface area (TPSA) is 70.7 Å². The highest BCUT2D eigenvalue weighted by atomic mass is 16.2. The van der Waals surface area contributed by atoms with Crippen LogP contribution in [0.25, 0.3) is 0 Å². The second kappa shape index (κ2) is 3.40. The van der Waals surface area contributed by atoms with Crippen LogP contribution in [0.2, 0.25) is 0 Å². The maximum atomic E-state index is 11.7. The molecule has 84 valence electrons. The highest BCUT2D eigenvalue weighted by Gasteiger charge is 2.39. The summed E-state index contributed by atoms with van der Waals surface area (Å²) in [4.78, 5) is 17.9. The monoisotopic (exact) mass is 210 g/mol. The van der Waals surface area contributed by atoms with Crippen molar-refractivity contribution >= 4 is 11.9 Å². The van der Waals surface area contributed by atoms with E-state index in [2.05, 4.69) is 10.3 Å². The van der Waals surface area contributed by atoms with Gasteiger partial charge < -0.3 is 16.0 Å². The van der Waals surface area contributed by atoms with E-state index in [-0.39, 0.29) is 5.91 Å². The van der Waals surface area contributed by atoms with Gasteiger partial charge in [-0.15, -0.1) is 0 Å². The Balaban J connectivity index is 2.15. The van der Waals surface area contributed by atoms with Gasteiger partial charge in [0.2, 0.25) is 5.91 Å². The lowest BCUT2D eigenvalue weighted by Crippen LogP contribution is -2.64. The van der Waals surface area contributed by atoms with Gasteiger partial charge in [0.05, 0.1) is 6.04 Å². The Bertz CT molecular complexity index is 307. The van der Waals surface area contributed by atoms with Crippen LogP contribution in [0, 0.1) is 0 Å². The summed E-state index contributed by atoms with van der Waals surface area (Å²) >= 11 is 0. The lowest BCUT2D eigenvalue weighted by molar-refractivity contribution is -0.132. The van der Waals surface area contributed by atoms with Crippen LogP contribution in [0.5, 0.6) is 0 Å². The van der Waals surface area contributed by atoms with Gasteiger partial charge in [-0.05, 0) is 26.7 Å². The van der Waals surface area contributed by atoms with E-state index in [0.717, 1.165) is 19.4 Å². The number of rotatable bonds is 1. The quantitative estimate of drug-likeness (QED) is 0.460. The van der Waals surface area contributed by atoms with Gasteiger partial charge in [0.25, 0.3) is 0 Å². The zero-order valence-electron chi connectivity index (χ0n) is 9.29. The minimum absolute atomic E-state index is 0.0164. The van der Waals surface area contributed by atoms with Gasteiger partial charge in [-0.25, -0.2) is 4.99 Å². The van der Waals surface area contributed by atoms with Crippen molar-refractivity contribution in [2.45, 2.75) is 38.3 Å². The van der Waals surface area contributed by atoms with Crippen molar-refractivity contribution in [1.82, 2.24) is 10.2 Å². The van der Waals surface area contributed by atoms with Crippen LogP contribution in [-0.4, -0.2) is 41.4 Å². The number of carbonyl (C=O) groups is 1. The maximum Gasteiger partial charge on any atom is 0.245 e. The highest BCUT2D eigenvalue weighted by molar-refractivity contribution is 5.92. The fourth-order valence-corrected chi connectivity index (χ4v) is 1.76. The second-order valence-corrected chi connectivity index (χ2v) is 4.69. The minimum Gasteiger partial charge on any atom is -0.370 e. The number of hydrogen-bond donors (Lipinski definition) is 2. The second-order valence-electron chi connectivity index (χ2n) is 4.69. The summed E-state index contributed by atoms with van der Waals surface area (Å²) in [5.74, 6) is 0.528. The van der Waals surface area contributed by atoms with Crippen molar-refractivity contribution in [3.63, 3.8) is 0 Å². The molecule has 5 heteroatoms. The van der Waals surface area contributed by atoms with Crippen LogP contribution in [0.3, 0.4) is 0 Å². The predicted octanol–water partition coefficient (Wildman–Crippen LogP) is -0.326. The van der Waals surface area contributed by atoms with Gasteiger partial charge in [0.15, 0.2) is 5.96 Å². The number of aliphatic imine (C=N–C) groups is 1. The van der Waals surface area contributed by atoms with Crippen LogP contribution in [-0.2, 0) is 4.79 Å². The average Bonchev–Trinajstić information content (AvgIpc) is 2.93. The van der Waals surface area contributed by atoms with E-state index >= 15 is 0 Å². The van der Waals surface area contributed by atoms with E-state index in [1.807, 2.05) is 18.7 Å². The third-order valence-electron chi connectivity index (χ3n) is 2.99. The first-order valence-corrected chi connectivity index (χ1v) is 5.41. The van der Waals surface area contributed by atoms with Crippen LogP contribution < -0.4 is 11.1 Å². The number of carbonyl (C=O) groups excluding carboxylic acids is 1. The molecule has 5 nitrogen and oxygen atoms in total. The van der Waals surface area contributed by atoms with Gasteiger partial charge in [0.1, 0.15) is 5.54 Å². The molecule has 0 atom stereocenters. The summed E-state index contributed by atoms with van der Waals surface area (Å²) < 4.78 is 0. The molecule has 0 aromatic heterocycles. The molecule has 1 amide bonds. The molecule has 1 aliphatic heterocycles. The average molecular weight is 210 g/mol. The Morgan fingerprint density at radius 1 is 1.60 bits per heavy atom. The van der Waals surface area contributed by atoms with Crippen LogP contribution in [0.1, 0.15) is 26.7 Å². The molecule has 15 heavy (non-hydrogen) atoms. The van der Waals surface area contributed by atoms with E-state index in [4.69, 9.17) is 5.73 Å². The highest BCUT2D eigenvalue weighted by Crippen LogP contribution is 2.25. The fourth-order valence-electron chi connectivity index (χ4n) is 1.76. The maximum absolute atomic E-state index is 11.7. The molecule has 2 aliphatic rings. The zero-order chi connectivity index (χ0) is 11.1. The van der Waals surface area contributed by atoms with E-state index in [0.29, 0.717) is 18.5 Å². The molecule has 0 bridgehead atoms. The number of nitrogens with two attached hydrogens (primary N) is 1. The van der Waals surface area contributed by atoms with Crippen molar-refractivity contribution in [2.75, 3.05) is 13.1 Å². The molecule has 1 aliphatic carbocycles. The molecule has 2 fully saturated rings. The summed E-state index contributed by atoms with van der Waals surface area (Å²) in [7, 11) is 0. The lowest BCUT2D eigenvalue weighted by atomic mass is 9.99. The molecule has 2 rings (SSSR count). The lowest BCUT2D eigenvalue weighted by Gasteiger charge is -2.41. The third-order valence-corrected chi connectivity index (χ3v) is 2.99. The summed E-state index contributed by atoms with van der Waals surface area (Å²) in [5.41, 5.74) is 5.34. The third kappa shape index (κ3) is 1.91. The summed E-state index contributed by atoms with van der Waals surface area (Å²) in [6.07, 6.45) is 2.25. The van der Waals surface area contributed by atoms with Crippen LogP contribution in [0.15, 0.2) is 4.99 Å². The molecule has 1 heterocycles. The molecule has 1 saturated carbocycles. The molecule has 0 aromatic rings. The first-order valence-electron chi connectivity index (χ1n) is 5.41. The standard InChI is InChI=1S/C10H18N4O/c1-10(2)8(15)12-5-6-14(10)9(11)13-7-3-4-7/h7H,3-6H2,1-2H3,(H2,11,13)(H,12,15). The number of nitrogens with zero attached hydrogens (tertiary/aromatic N) is 2. The minimum atomic E-state index is -0.583. The number of guanidine groups is 1. The van der Waals surface area contributed by atoms with E-state index < -0.39 is 5.54 Å². The molecule has 0 aromatic carbocycles. The molecular formula is C10H18N4O. The fraction of sp³-hybridized carbons (Fsp3) is 0.800. The number of hydrogen-bond acceptors (Lipinski definition) is 2. The Morgan fingerprint density at radius 3 is 2.87 bits per heavy atom. The smallest absolute Gasteiger partial charge is 0.245 e. The van der Waals surface area contributed by atoms with Crippen molar-refractivity contribution < 1.29 is 4.79 Å². The molecule has 0 spiro atoms. The molecule has 0 unspecified atom stereocenters. The molecule has 3 N–H and O–H groups in total. The summed E-state index contributed by atoms with van der Waals surface area (Å²) in [6.45, 7) is 5.12. The number of amides is 1. The van der Waals surface area contributed by atoms with Crippen molar-refractivity contribution in [2.24, 2.45) is 10.7 Å². The molecule has 0 radical (unpaired) electrons. The number of nitrogens with one attached hydrogen (secondary N) is 1. The molecular weight excluding hydrogens is 192 g/mol. The Labute approximate surface area is 89.7 Å². The SMILES string of the molecule is CC1(C)C(=O)NCCN1C(N)=NC1CC1. The van der Waals surface area contributed by atoms with Gasteiger partial charge in [-0.1, -0.05) is 0 Å². The van der Waals surface area contributed by atoms with Crippen molar-refractivity contribution in [3.05, 3.63) is 0 Å². The zero-order valence-corrected chi connectivity index (χ0v) is 9.29. The van der Waals surface area contributed by atoms with Gasteiger partial charge in [0, 0.05) is 13.1 Å². The Kier molecular flexibility index (Phi) is 2.32. The Hall–Kier alpha value is -1.26. The van der Waals surface area contributed by atoms with E-state index in [9.17, 15) is 4.79 Å². The predicted molar refractivity (Wildman–Crippen MR) is 58.4 cm³/mol. The summed E-state index contributed by atoms with van der Waals surface area (Å²) in [6, 6.07) is 0.394. The van der Waals surface area contributed by atoms with E-state index in [1.54, 1.807) is 0 Å². The van der Waals surface area contributed by atoms with E-state index in [1.165, 1.54) is 0 Å². The first kappa shape index (κ1) is 10.3. The first-order chi connectivity index (χ1) is 7.01. The van der Waals surface area contributed by atoms with Crippen LogP contribution in [0.4, 0.5) is 0 Å². The summed E-state index contributed by atoms with van der Waals surface area (Å²) in [5, 5.41) is 2.83. The normalized spacial score (nSPS) is 26.4. The largest absolute Gasteiger partial charge is 0.370 e. The number of piperazine rings is 1. The van der Waals surface area contributed by atoms with Gasteiger partial charge in [-0.2, -0.15) is 0 Å². The Morgan fingerprint density at radius 2 is 2.27 bits per heavy atom. The van der Waals surface area contributed by atoms with Gasteiger partial charge in [-0.3, -0.25) is 4.79 Å². The van der Waals surface area contributed by atoms with Crippen LogP contribution >= 0.6 is 0 Å². The van der Waals surface area contributed by atoms with Crippen molar-refractivity contribution in [1.29, 1.82) is 0 Å². The molecule has 1 saturated heterocycles.